The highest BCUT2D eigenvalue weighted by Crippen LogP contribution is 2.35. The van der Waals surface area contributed by atoms with E-state index >= 15 is 0 Å². The van der Waals surface area contributed by atoms with Gasteiger partial charge in [-0.3, -0.25) is 4.79 Å². The van der Waals surface area contributed by atoms with Gasteiger partial charge >= 0.3 is 0 Å². The highest BCUT2D eigenvalue weighted by molar-refractivity contribution is 7.89. The van der Waals surface area contributed by atoms with E-state index in [0.29, 0.717) is 17.5 Å². The summed E-state index contributed by atoms with van der Waals surface area (Å²) in [6, 6.07) is 10.6. The Hall–Kier alpha value is -1.70. The van der Waals surface area contributed by atoms with Crippen LogP contribution in [0.4, 0.5) is 0 Å². The second-order valence-corrected chi connectivity index (χ2v) is 10.8. The van der Waals surface area contributed by atoms with Crippen LogP contribution in [-0.2, 0) is 16.6 Å². The maximum absolute atomic E-state index is 13.2. The molecule has 0 bridgehead atoms. The molecule has 1 aliphatic carbocycles. The van der Waals surface area contributed by atoms with Gasteiger partial charge in [0.25, 0.3) is 5.91 Å². The number of likely N-dealkylation sites (tertiary alicyclic amines) is 1. The van der Waals surface area contributed by atoms with Gasteiger partial charge in [0, 0.05) is 29.6 Å². The first kappa shape index (κ1) is 20.6. The van der Waals surface area contributed by atoms with Crippen LogP contribution in [0.1, 0.15) is 60.2 Å². The summed E-state index contributed by atoms with van der Waals surface area (Å²) >= 11 is 1.51. The lowest BCUT2D eigenvalue weighted by molar-refractivity contribution is 0.0661. The van der Waals surface area contributed by atoms with Gasteiger partial charge < -0.3 is 4.90 Å². The zero-order valence-corrected chi connectivity index (χ0v) is 18.2. The van der Waals surface area contributed by atoms with Gasteiger partial charge in [0.05, 0.1) is 4.90 Å². The first-order valence-corrected chi connectivity index (χ1v) is 12.8. The molecule has 1 N–H and O–H groups in total. The van der Waals surface area contributed by atoms with Crippen LogP contribution in [-0.4, -0.2) is 31.8 Å². The first-order valence-electron chi connectivity index (χ1n) is 10.5. The summed E-state index contributed by atoms with van der Waals surface area (Å²) in [5.41, 5.74) is 0.465. The number of hydrogen-bond donors (Lipinski definition) is 1. The van der Waals surface area contributed by atoms with Crippen molar-refractivity contribution in [2.24, 2.45) is 5.92 Å². The number of carbonyl (C=O) groups excluding carboxylic acids is 1. The second kappa shape index (κ2) is 8.98. The summed E-state index contributed by atoms with van der Waals surface area (Å²) in [7, 11) is -3.66. The molecule has 2 heterocycles. The van der Waals surface area contributed by atoms with Crippen LogP contribution >= 0.6 is 11.3 Å². The zero-order valence-electron chi connectivity index (χ0n) is 16.5. The number of thiophene rings is 1. The van der Waals surface area contributed by atoms with Crippen molar-refractivity contribution >= 4 is 27.3 Å². The van der Waals surface area contributed by atoms with Crippen molar-refractivity contribution in [3.63, 3.8) is 0 Å². The average Bonchev–Trinajstić information content (AvgIpc) is 3.44. The smallest absolute Gasteiger partial charge is 0.254 e. The number of nitrogens with one attached hydrogen (secondary N) is 1. The average molecular weight is 433 g/mol. The van der Waals surface area contributed by atoms with E-state index in [9.17, 15) is 13.2 Å². The van der Waals surface area contributed by atoms with Gasteiger partial charge in [-0.05, 0) is 61.2 Å². The maximum atomic E-state index is 13.2. The summed E-state index contributed by atoms with van der Waals surface area (Å²) in [6.45, 7) is 1.03. The molecule has 0 spiro atoms. The molecule has 1 aromatic carbocycles. The van der Waals surface area contributed by atoms with Gasteiger partial charge in [0.2, 0.25) is 10.0 Å². The molecule has 2 fully saturated rings. The fourth-order valence-electron chi connectivity index (χ4n) is 4.68. The van der Waals surface area contributed by atoms with Crippen LogP contribution < -0.4 is 4.72 Å². The molecule has 2 aliphatic rings. The van der Waals surface area contributed by atoms with E-state index in [0.717, 1.165) is 24.3 Å². The summed E-state index contributed by atoms with van der Waals surface area (Å²) in [5.74, 6) is 0.558. The molecule has 29 heavy (non-hydrogen) atoms. The van der Waals surface area contributed by atoms with Crippen molar-refractivity contribution in [1.82, 2.24) is 9.62 Å². The molecule has 1 atom stereocenters. The minimum atomic E-state index is -3.66. The molecular formula is C22H28N2O3S2. The van der Waals surface area contributed by atoms with Crippen molar-refractivity contribution in [3.8, 4) is 0 Å². The third-order valence-corrected chi connectivity index (χ3v) is 8.44. The van der Waals surface area contributed by atoms with Crippen molar-refractivity contribution in [3.05, 3.63) is 52.2 Å². The van der Waals surface area contributed by atoms with Crippen molar-refractivity contribution < 1.29 is 13.2 Å². The van der Waals surface area contributed by atoms with E-state index < -0.39 is 10.0 Å². The Morgan fingerprint density at radius 1 is 1.07 bits per heavy atom. The summed E-state index contributed by atoms with van der Waals surface area (Å²) in [6.07, 6.45) is 8.32. The van der Waals surface area contributed by atoms with E-state index in [1.807, 2.05) is 22.4 Å². The van der Waals surface area contributed by atoms with Crippen LogP contribution in [0.2, 0.25) is 0 Å². The Bertz CT molecular complexity index is 935. The highest BCUT2D eigenvalue weighted by atomic mass is 32.2. The molecule has 1 aliphatic heterocycles. The lowest BCUT2D eigenvalue weighted by Crippen LogP contribution is -2.40. The molecule has 4 rings (SSSR count). The van der Waals surface area contributed by atoms with E-state index in [2.05, 4.69) is 4.72 Å². The molecule has 1 unspecified atom stereocenters. The molecule has 7 heteroatoms. The highest BCUT2D eigenvalue weighted by Gasteiger charge is 2.35. The van der Waals surface area contributed by atoms with Gasteiger partial charge in [0.1, 0.15) is 0 Å². The lowest BCUT2D eigenvalue weighted by atomic mass is 9.83. The number of nitrogens with zero attached hydrogens (tertiary/aromatic N) is 1. The van der Waals surface area contributed by atoms with Gasteiger partial charge in [-0.25, -0.2) is 13.1 Å². The standard InChI is InChI=1S/C22H28N2O3S2/c25-22(24-13-5-12-21(24)17-7-2-1-3-8-17)18-9-4-11-20(15-18)29(26,27)23-16-19-10-6-14-28-19/h4,6,9-11,14-15,17,21,23H,1-3,5,7-8,12-13,16H2. The minimum absolute atomic E-state index is 0.0339. The summed E-state index contributed by atoms with van der Waals surface area (Å²) in [4.78, 5) is 16.3. The number of hydrogen-bond acceptors (Lipinski definition) is 4. The van der Waals surface area contributed by atoms with Gasteiger partial charge in [0.15, 0.2) is 0 Å². The van der Waals surface area contributed by atoms with E-state index in [1.165, 1.54) is 49.5 Å². The fraction of sp³-hybridized carbons (Fsp3) is 0.500. The van der Waals surface area contributed by atoms with E-state index in [4.69, 9.17) is 0 Å². The zero-order chi connectivity index (χ0) is 20.3. The number of sulfonamides is 1. The van der Waals surface area contributed by atoms with Crippen LogP contribution in [0.5, 0.6) is 0 Å². The van der Waals surface area contributed by atoms with Gasteiger partial charge in [-0.15, -0.1) is 11.3 Å². The monoisotopic (exact) mass is 432 g/mol. The Morgan fingerprint density at radius 3 is 2.66 bits per heavy atom. The quantitative estimate of drug-likeness (QED) is 0.735. The van der Waals surface area contributed by atoms with Crippen LogP contribution in [0.3, 0.4) is 0 Å². The number of carbonyl (C=O) groups is 1. The van der Waals surface area contributed by atoms with Gasteiger partial charge in [-0.1, -0.05) is 31.4 Å². The van der Waals surface area contributed by atoms with E-state index in [1.54, 1.807) is 18.2 Å². The van der Waals surface area contributed by atoms with Crippen molar-refractivity contribution in [2.45, 2.75) is 62.4 Å². The van der Waals surface area contributed by atoms with Crippen molar-refractivity contribution in [1.29, 1.82) is 0 Å². The van der Waals surface area contributed by atoms with E-state index in [-0.39, 0.29) is 17.3 Å². The van der Waals surface area contributed by atoms with Crippen LogP contribution in [0.25, 0.3) is 0 Å². The Labute approximate surface area is 177 Å². The first-order chi connectivity index (χ1) is 14.0. The molecule has 1 saturated heterocycles. The Balaban J connectivity index is 1.49. The topological polar surface area (TPSA) is 66.5 Å². The van der Waals surface area contributed by atoms with Crippen LogP contribution in [0, 0.1) is 5.92 Å². The summed E-state index contributed by atoms with van der Waals surface area (Å²) < 4.78 is 28.0. The Morgan fingerprint density at radius 2 is 1.90 bits per heavy atom. The summed E-state index contributed by atoms with van der Waals surface area (Å²) in [5, 5.41) is 1.92. The third-order valence-electron chi connectivity index (χ3n) is 6.16. The Kier molecular flexibility index (Phi) is 6.37. The molecule has 0 radical (unpaired) electrons. The van der Waals surface area contributed by atoms with Crippen LogP contribution in [0.15, 0.2) is 46.7 Å². The van der Waals surface area contributed by atoms with Crippen molar-refractivity contribution in [2.75, 3.05) is 6.54 Å². The molecular weight excluding hydrogens is 404 g/mol. The number of benzene rings is 1. The molecule has 1 aromatic heterocycles. The minimum Gasteiger partial charge on any atom is -0.335 e. The molecule has 1 saturated carbocycles. The normalized spacial score (nSPS) is 20.8. The predicted molar refractivity (Wildman–Crippen MR) is 115 cm³/mol. The molecule has 2 aromatic rings. The largest absolute Gasteiger partial charge is 0.335 e. The second-order valence-electron chi connectivity index (χ2n) is 8.04. The molecule has 5 nitrogen and oxygen atoms in total. The number of amides is 1. The molecule has 156 valence electrons. The maximum Gasteiger partial charge on any atom is 0.254 e. The predicted octanol–water partition coefficient (Wildman–Crippen LogP) is 4.41. The third kappa shape index (κ3) is 4.73. The molecule has 1 amide bonds. The lowest BCUT2D eigenvalue weighted by Gasteiger charge is -2.34. The van der Waals surface area contributed by atoms with Gasteiger partial charge in [-0.2, -0.15) is 0 Å². The number of rotatable bonds is 6. The SMILES string of the molecule is O=C(c1cccc(S(=O)(=O)NCc2cccs2)c1)N1CCCC1C1CCCCC1. The fourth-order valence-corrected chi connectivity index (χ4v) is 6.47.